The number of aryl methyl sites for hydroxylation is 1. The van der Waals surface area contributed by atoms with Crippen molar-refractivity contribution in [3.8, 4) is 5.75 Å². The highest BCUT2D eigenvalue weighted by Crippen LogP contribution is 2.22. The van der Waals surface area contributed by atoms with Gasteiger partial charge in [-0.2, -0.15) is 9.03 Å². The minimum Gasteiger partial charge on any atom is -0.489 e. The van der Waals surface area contributed by atoms with Crippen molar-refractivity contribution in [3.63, 3.8) is 0 Å². The number of sulfonamides is 2. The first-order valence-electron chi connectivity index (χ1n) is 13.2. The van der Waals surface area contributed by atoms with Crippen molar-refractivity contribution in [2.45, 2.75) is 44.0 Å². The van der Waals surface area contributed by atoms with Gasteiger partial charge in [0, 0.05) is 42.8 Å². The van der Waals surface area contributed by atoms with Gasteiger partial charge in [0.2, 0.25) is 26.0 Å². The number of aromatic nitrogens is 1. The molecule has 2 heterocycles. The lowest BCUT2D eigenvalue weighted by Gasteiger charge is -2.38. The number of carbonyl (C=O) groups excluding carboxylic acids is 1. The maximum Gasteiger partial charge on any atom is 0.242 e. The lowest BCUT2D eigenvalue weighted by Crippen LogP contribution is -2.62. The van der Waals surface area contributed by atoms with Crippen LogP contribution in [0.2, 0.25) is 0 Å². The topological polar surface area (TPSA) is 172 Å². The Kier molecular flexibility index (Phi) is 9.62. The first kappa shape index (κ1) is 30.8. The Balaban J connectivity index is 1.40. The van der Waals surface area contributed by atoms with Crippen molar-refractivity contribution < 1.29 is 31.5 Å². The molecule has 0 aliphatic carbocycles. The molecule has 2 unspecified atom stereocenters. The molecule has 1 aliphatic heterocycles. The zero-order valence-electron chi connectivity index (χ0n) is 22.9. The molecule has 12 nitrogen and oxygen atoms in total. The van der Waals surface area contributed by atoms with E-state index in [4.69, 9.17) is 10.5 Å². The predicted molar refractivity (Wildman–Crippen MR) is 154 cm³/mol. The second kappa shape index (κ2) is 12.8. The second-order valence-electron chi connectivity index (χ2n) is 9.86. The van der Waals surface area contributed by atoms with Gasteiger partial charge in [-0.3, -0.25) is 14.7 Å². The number of aliphatic hydroxyl groups is 1. The Bertz CT molecular complexity index is 1590. The number of para-hydroxylation sites is 1. The van der Waals surface area contributed by atoms with Crippen molar-refractivity contribution in [3.05, 3.63) is 65.9 Å². The Morgan fingerprint density at radius 3 is 2.37 bits per heavy atom. The summed E-state index contributed by atoms with van der Waals surface area (Å²) in [5, 5.41) is 11.7. The third kappa shape index (κ3) is 7.39. The van der Waals surface area contributed by atoms with Crippen molar-refractivity contribution in [2.24, 2.45) is 5.73 Å². The zero-order chi connectivity index (χ0) is 29.8. The summed E-state index contributed by atoms with van der Waals surface area (Å²) in [4.78, 5) is 18.1. The average Bonchev–Trinajstić information content (AvgIpc) is 2.91. The number of hydrogen-bond donors (Lipinski definition) is 3. The summed E-state index contributed by atoms with van der Waals surface area (Å²) in [5.74, 6) is -0.486. The number of benzene rings is 2. The van der Waals surface area contributed by atoms with Crippen LogP contribution in [0.3, 0.4) is 0 Å². The van der Waals surface area contributed by atoms with E-state index < -0.39 is 38.2 Å². The molecular formula is C27H35N5O7S2. The van der Waals surface area contributed by atoms with E-state index in [9.17, 15) is 26.7 Å². The number of amides is 1. The summed E-state index contributed by atoms with van der Waals surface area (Å²) in [7, 11) is -7.66. The monoisotopic (exact) mass is 605 g/mol. The third-order valence-corrected chi connectivity index (χ3v) is 10.4. The van der Waals surface area contributed by atoms with Crippen LogP contribution in [0.5, 0.6) is 5.75 Å². The Morgan fingerprint density at radius 1 is 1.07 bits per heavy atom. The number of nitrogens with two attached hydrogens (primary N) is 1. The van der Waals surface area contributed by atoms with Crippen LogP contribution in [0.25, 0.3) is 10.9 Å². The first-order valence-corrected chi connectivity index (χ1v) is 16.3. The number of carbonyl (C=O) groups is 1. The lowest BCUT2D eigenvalue weighted by molar-refractivity contribution is -0.128. The van der Waals surface area contributed by atoms with E-state index in [1.54, 1.807) is 6.92 Å². The molecule has 0 bridgehead atoms. The summed E-state index contributed by atoms with van der Waals surface area (Å²) in [6.45, 7) is 4.33. The number of rotatable bonds is 12. The fourth-order valence-corrected chi connectivity index (χ4v) is 7.44. The number of fused-ring (bicyclic) bond motifs is 1. The van der Waals surface area contributed by atoms with Gasteiger partial charge in [-0.25, -0.2) is 16.8 Å². The molecule has 1 fully saturated rings. The van der Waals surface area contributed by atoms with Crippen LogP contribution in [0, 0.1) is 6.92 Å². The molecule has 1 saturated heterocycles. The largest absolute Gasteiger partial charge is 0.489 e. The molecule has 2 aromatic carbocycles. The third-order valence-electron chi connectivity index (χ3n) is 6.85. The van der Waals surface area contributed by atoms with Crippen LogP contribution >= 0.6 is 0 Å². The van der Waals surface area contributed by atoms with Gasteiger partial charge in [0.15, 0.2) is 0 Å². The molecule has 4 N–H and O–H groups in total. The van der Waals surface area contributed by atoms with E-state index in [0.717, 1.165) is 22.2 Å². The molecule has 0 spiro atoms. The molecule has 14 heteroatoms. The summed E-state index contributed by atoms with van der Waals surface area (Å²) in [5.41, 5.74) is 8.16. The highest BCUT2D eigenvalue weighted by molar-refractivity contribution is 7.89. The van der Waals surface area contributed by atoms with Crippen LogP contribution in [0.1, 0.15) is 24.6 Å². The number of nitrogens with one attached hydrogen (secondary N) is 1. The van der Waals surface area contributed by atoms with Crippen LogP contribution in [-0.4, -0.2) is 86.2 Å². The van der Waals surface area contributed by atoms with Crippen molar-refractivity contribution >= 4 is 36.9 Å². The number of hydrogen-bond acceptors (Lipinski definition) is 9. The Hall–Kier alpha value is -3.14. The molecule has 1 aromatic heterocycles. The van der Waals surface area contributed by atoms with Crippen LogP contribution < -0.4 is 15.2 Å². The highest BCUT2D eigenvalue weighted by atomic mass is 32.2. The summed E-state index contributed by atoms with van der Waals surface area (Å²) < 4.78 is 60.0. The van der Waals surface area contributed by atoms with Gasteiger partial charge in [0.1, 0.15) is 24.6 Å². The van der Waals surface area contributed by atoms with Gasteiger partial charge in [-0.15, -0.1) is 0 Å². The fourth-order valence-electron chi connectivity index (χ4n) is 4.86. The summed E-state index contributed by atoms with van der Waals surface area (Å²) >= 11 is 0. The number of ether oxygens (including phenoxy) is 1. The minimum atomic E-state index is -4.24. The van der Waals surface area contributed by atoms with E-state index >= 15 is 0 Å². The lowest BCUT2D eigenvalue weighted by atomic mass is 10.1. The molecule has 0 saturated carbocycles. The standard InChI is InChI=1S/C27H35N5O7S2/c1-3-16-40(35,36)32-14-12-31(13-15-32)25(26(28)33)27(34)30-41(37,38)22-10-8-21(9-11-22)39-18-20-17-19(2)29-24-7-5-4-6-23(20)24/h4-11,17,25,27,30,34H,3,12-16,18H2,1-2H3,(H2,28,33). The molecule has 2 atom stereocenters. The molecule has 41 heavy (non-hydrogen) atoms. The molecular weight excluding hydrogens is 570 g/mol. The van der Waals surface area contributed by atoms with Crippen LogP contribution in [0.4, 0.5) is 0 Å². The molecule has 1 aliphatic rings. The maximum absolute atomic E-state index is 13.0. The van der Waals surface area contributed by atoms with E-state index in [-0.39, 0.29) is 43.4 Å². The number of primary amides is 1. The fraction of sp³-hybridized carbons (Fsp3) is 0.407. The number of aliphatic hydroxyl groups excluding tert-OH is 1. The number of piperazine rings is 1. The molecule has 4 rings (SSSR count). The maximum atomic E-state index is 13.0. The quantitative estimate of drug-likeness (QED) is 0.254. The molecule has 3 aromatic rings. The Labute approximate surface area is 240 Å². The zero-order valence-corrected chi connectivity index (χ0v) is 24.6. The smallest absolute Gasteiger partial charge is 0.242 e. The highest BCUT2D eigenvalue weighted by Gasteiger charge is 2.37. The normalized spacial score (nSPS) is 16.9. The van der Waals surface area contributed by atoms with Crippen molar-refractivity contribution in [1.82, 2.24) is 18.9 Å². The van der Waals surface area contributed by atoms with E-state index in [2.05, 4.69) is 9.71 Å². The first-order chi connectivity index (χ1) is 19.4. The van der Waals surface area contributed by atoms with Crippen molar-refractivity contribution in [2.75, 3.05) is 31.9 Å². The number of pyridine rings is 1. The molecule has 0 radical (unpaired) electrons. The minimum absolute atomic E-state index is 0.0127. The van der Waals surface area contributed by atoms with E-state index in [1.165, 1.54) is 33.5 Å². The van der Waals surface area contributed by atoms with Gasteiger partial charge in [0.25, 0.3) is 0 Å². The number of nitrogens with zero attached hydrogens (tertiary/aromatic N) is 3. The average molecular weight is 606 g/mol. The van der Waals surface area contributed by atoms with Gasteiger partial charge >= 0.3 is 0 Å². The Morgan fingerprint density at radius 2 is 1.73 bits per heavy atom. The SMILES string of the molecule is CCCS(=O)(=O)N1CCN(C(C(N)=O)C(O)NS(=O)(=O)c2ccc(OCc3cc(C)nc4ccccc34)cc2)CC1. The van der Waals surface area contributed by atoms with E-state index in [1.807, 2.05) is 37.3 Å². The van der Waals surface area contributed by atoms with Gasteiger partial charge in [-0.1, -0.05) is 25.1 Å². The van der Waals surface area contributed by atoms with Crippen LogP contribution in [-0.2, 0) is 31.4 Å². The van der Waals surface area contributed by atoms with Crippen molar-refractivity contribution in [1.29, 1.82) is 0 Å². The predicted octanol–water partition coefficient (Wildman–Crippen LogP) is 0.930. The van der Waals surface area contributed by atoms with Gasteiger partial charge in [0.05, 0.1) is 16.2 Å². The molecule has 222 valence electrons. The van der Waals surface area contributed by atoms with Crippen LogP contribution in [0.15, 0.2) is 59.5 Å². The van der Waals surface area contributed by atoms with Gasteiger partial charge < -0.3 is 15.6 Å². The summed E-state index contributed by atoms with van der Waals surface area (Å²) in [6, 6.07) is 13.9. The molecule has 1 amide bonds. The van der Waals surface area contributed by atoms with Gasteiger partial charge in [-0.05, 0) is 49.7 Å². The van der Waals surface area contributed by atoms with E-state index in [0.29, 0.717) is 12.2 Å². The summed E-state index contributed by atoms with van der Waals surface area (Å²) in [6.07, 6.45) is -1.38. The second-order valence-corrected chi connectivity index (χ2v) is 13.7.